The molecular formula is C30H22N2O6S. The number of ketones is 2. The number of carbonyl (C=O) groups is 3. The van der Waals surface area contributed by atoms with Gasteiger partial charge in [-0.3, -0.25) is 19.7 Å². The molecule has 4 aromatic rings. The quantitative estimate of drug-likeness (QED) is 0.0792. The van der Waals surface area contributed by atoms with Gasteiger partial charge in [-0.05, 0) is 67.1 Å². The highest BCUT2D eigenvalue weighted by atomic mass is 32.2. The summed E-state index contributed by atoms with van der Waals surface area (Å²) in [5, 5.41) is 14.8. The predicted molar refractivity (Wildman–Crippen MR) is 147 cm³/mol. The lowest BCUT2D eigenvalue weighted by Crippen LogP contribution is -2.18. The first-order valence-electron chi connectivity index (χ1n) is 11.8. The molecule has 0 atom stereocenters. The first kappa shape index (κ1) is 27.2. The van der Waals surface area contributed by atoms with E-state index in [-0.39, 0.29) is 17.2 Å². The highest BCUT2D eigenvalue weighted by molar-refractivity contribution is 7.99. The lowest BCUT2D eigenvalue weighted by atomic mass is 9.97. The number of carbonyl (C=O) groups excluding carboxylic acids is 3. The van der Waals surface area contributed by atoms with Gasteiger partial charge in [0.2, 0.25) is 5.78 Å². The largest absolute Gasteiger partial charge is 0.332 e. The number of oxime groups is 1. The molecule has 0 N–H and O–H groups in total. The second-order valence-electron chi connectivity index (χ2n) is 8.45. The molecule has 0 aliphatic rings. The number of nitrogens with zero attached hydrogens (tertiary/aromatic N) is 2. The van der Waals surface area contributed by atoms with Crippen molar-refractivity contribution in [1.82, 2.24) is 0 Å². The van der Waals surface area contributed by atoms with Gasteiger partial charge in [-0.1, -0.05) is 47.2 Å². The van der Waals surface area contributed by atoms with Crippen molar-refractivity contribution in [3.63, 3.8) is 0 Å². The Hall–Kier alpha value is -4.89. The fourth-order valence-corrected chi connectivity index (χ4v) is 4.54. The second kappa shape index (κ2) is 12.1. The first-order valence-corrected chi connectivity index (χ1v) is 12.6. The standard InChI is InChI=1S/C30H22N2O6S/c1-19-18-24(32(36)37)12-17-27(19)28(31-38-20(2)33)30(35)23-10-15-26(16-11-23)39-25-13-8-22(9-14-25)29(34)21-6-4-3-5-7-21/h3-18H,1-2H3/b31-28+. The molecule has 194 valence electrons. The molecule has 4 aromatic carbocycles. The van der Waals surface area contributed by atoms with Gasteiger partial charge in [0.05, 0.1) is 4.92 Å². The van der Waals surface area contributed by atoms with E-state index in [1.165, 1.54) is 30.0 Å². The molecule has 0 fully saturated rings. The molecule has 9 heteroatoms. The third kappa shape index (κ3) is 6.71. The van der Waals surface area contributed by atoms with Crippen molar-refractivity contribution in [1.29, 1.82) is 0 Å². The van der Waals surface area contributed by atoms with E-state index in [1.807, 2.05) is 30.3 Å². The number of nitro benzene ring substituents is 1. The summed E-state index contributed by atoms with van der Waals surface area (Å²) in [7, 11) is 0. The monoisotopic (exact) mass is 538 g/mol. The summed E-state index contributed by atoms with van der Waals surface area (Å²) in [6.45, 7) is 2.77. The molecule has 0 amide bonds. The number of non-ortho nitro benzene ring substituents is 1. The van der Waals surface area contributed by atoms with Gasteiger partial charge in [-0.15, -0.1) is 0 Å². The Labute approximate surface area is 228 Å². The molecule has 8 nitrogen and oxygen atoms in total. The van der Waals surface area contributed by atoms with Crippen molar-refractivity contribution in [3.05, 3.63) is 135 Å². The Balaban J connectivity index is 1.52. The van der Waals surface area contributed by atoms with Gasteiger partial charge < -0.3 is 4.84 Å². The van der Waals surface area contributed by atoms with Gasteiger partial charge in [-0.2, -0.15) is 0 Å². The summed E-state index contributed by atoms with van der Waals surface area (Å²) >= 11 is 1.46. The lowest BCUT2D eigenvalue weighted by molar-refractivity contribution is -0.384. The molecule has 0 saturated heterocycles. The Morgan fingerprint density at radius 3 is 1.90 bits per heavy atom. The molecule has 39 heavy (non-hydrogen) atoms. The van der Waals surface area contributed by atoms with Gasteiger partial charge in [0.1, 0.15) is 0 Å². The summed E-state index contributed by atoms with van der Waals surface area (Å²) in [5.74, 6) is -1.26. The van der Waals surface area contributed by atoms with Gasteiger partial charge in [-0.25, -0.2) is 4.79 Å². The molecule has 0 aromatic heterocycles. The minimum atomic E-state index is -0.705. The summed E-state index contributed by atoms with van der Waals surface area (Å²) in [6, 6.07) is 27.1. The lowest BCUT2D eigenvalue weighted by Gasteiger charge is -2.09. The van der Waals surface area contributed by atoms with E-state index in [4.69, 9.17) is 4.84 Å². The fraction of sp³-hybridized carbons (Fsp3) is 0.0667. The van der Waals surface area contributed by atoms with Crippen LogP contribution in [0.2, 0.25) is 0 Å². The van der Waals surface area contributed by atoms with E-state index < -0.39 is 16.7 Å². The number of hydrogen-bond donors (Lipinski definition) is 0. The molecule has 0 bridgehead atoms. The van der Waals surface area contributed by atoms with E-state index in [1.54, 1.807) is 55.5 Å². The van der Waals surface area contributed by atoms with E-state index in [9.17, 15) is 24.5 Å². The van der Waals surface area contributed by atoms with Crippen LogP contribution >= 0.6 is 11.8 Å². The molecule has 0 aliphatic heterocycles. The van der Waals surface area contributed by atoms with Gasteiger partial charge in [0, 0.05) is 51.1 Å². The van der Waals surface area contributed by atoms with Crippen molar-refractivity contribution in [3.8, 4) is 0 Å². The maximum absolute atomic E-state index is 13.3. The number of aryl methyl sites for hydroxylation is 1. The average Bonchev–Trinajstić information content (AvgIpc) is 2.94. The van der Waals surface area contributed by atoms with Crippen LogP contribution in [0.4, 0.5) is 5.69 Å². The first-order chi connectivity index (χ1) is 18.7. The van der Waals surface area contributed by atoms with E-state index >= 15 is 0 Å². The van der Waals surface area contributed by atoms with Crippen molar-refractivity contribution >= 4 is 40.7 Å². The summed E-state index contributed by atoms with van der Waals surface area (Å²) in [4.78, 5) is 54.4. The van der Waals surface area contributed by atoms with Crippen molar-refractivity contribution in [2.24, 2.45) is 5.16 Å². The van der Waals surface area contributed by atoms with Crippen molar-refractivity contribution < 1.29 is 24.1 Å². The highest BCUT2D eigenvalue weighted by Gasteiger charge is 2.21. The van der Waals surface area contributed by atoms with Crippen LogP contribution in [0.3, 0.4) is 0 Å². The van der Waals surface area contributed by atoms with Crippen molar-refractivity contribution in [2.45, 2.75) is 23.6 Å². The molecule has 0 heterocycles. The normalized spacial score (nSPS) is 11.1. The average molecular weight is 539 g/mol. The zero-order valence-corrected chi connectivity index (χ0v) is 21.8. The van der Waals surface area contributed by atoms with Gasteiger partial charge >= 0.3 is 5.97 Å². The molecule has 0 spiro atoms. The van der Waals surface area contributed by atoms with E-state index in [2.05, 4.69) is 5.16 Å². The van der Waals surface area contributed by atoms with Crippen LogP contribution < -0.4 is 0 Å². The summed E-state index contributed by atoms with van der Waals surface area (Å²) < 4.78 is 0. The van der Waals surface area contributed by atoms with Crippen molar-refractivity contribution in [2.75, 3.05) is 0 Å². The molecule has 0 radical (unpaired) electrons. The Kier molecular flexibility index (Phi) is 8.43. The van der Waals surface area contributed by atoms with Crippen LogP contribution in [0, 0.1) is 17.0 Å². The zero-order chi connectivity index (χ0) is 27.9. The van der Waals surface area contributed by atoms with E-state index in [0.717, 1.165) is 16.7 Å². The van der Waals surface area contributed by atoms with E-state index in [0.29, 0.717) is 27.8 Å². The second-order valence-corrected chi connectivity index (χ2v) is 9.60. The number of nitro groups is 1. The maximum atomic E-state index is 13.3. The number of Topliss-reactive ketones (excluding diaryl/α,β-unsaturated/α-hetero) is 1. The number of benzene rings is 4. The smallest absolute Gasteiger partial charge is 0.318 e. The number of rotatable bonds is 9. The topological polar surface area (TPSA) is 116 Å². The molecule has 0 saturated carbocycles. The predicted octanol–water partition coefficient (Wildman–Crippen LogP) is 6.44. The van der Waals surface area contributed by atoms with Crippen LogP contribution in [-0.2, 0) is 9.63 Å². The minimum absolute atomic E-state index is 0.0514. The summed E-state index contributed by atoms with van der Waals surface area (Å²) in [6.07, 6.45) is 0. The zero-order valence-electron chi connectivity index (χ0n) is 21.0. The Bertz CT molecular complexity index is 1580. The molecule has 0 aliphatic carbocycles. The maximum Gasteiger partial charge on any atom is 0.332 e. The van der Waals surface area contributed by atoms with Crippen LogP contribution in [0.25, 0.3) is 0 Å². The highest BCUT2D eigenvalue weighted by Crippen LogP contribution is 2.29. The molecule has 4 rings (SSSR count). The number of hydrogen-bond acceptors (Lipinski definition) is 8. The van der Waals surface area contributed by atoms with Gasteiger partial charge in [0.25, 0.3) is 5.69 Å². The van der Waals surface area contributed by atoms with Crippen LogP contribution in [-0.4, -0.2) is 28.2 Å². The fourth-order valence-electron chi connectivity index (χ4n) is 3.73. The third-order valence-corrected chi connectivity index (χ3v) is 6.68. The third-order valence-electron chi connectivity index (χ3n) is 5.66. The van der Waals surface area contributed by atoms with Crippen LogP contribution in [0.1, 0.15) is 44.3 Å². The van der Waals surface area contributed by atoms with Gasteiger partial charge in [0.15, 0.2) is 11.5 Å². The summed E-state index contributed by atoms with van der Waals surface area (Å²) in [5.41, 5.74) is 1.99. The Morgan fingerprint density at radius 2 is 1.36 bits per heavy atom. The SMILES string of the molecule is CC(=O)O/N=C(/C(=O)c1ccc(Sc2ccc(C(=O)c3ccccc3)cc2)cc1)c1ccc([N+](=O)[O-])cc1C. The minimum Gasteiger partial charge on any atom is -0.318 e. The molecule has 0 unspecified atom stereocenters. The Morgan fingerprint density at radius 1 is 0.795 bits per heavy atom. The molecular weight excluding hydrogens is 516 g/mol. The van der Waals surface area contributed by atoms with Crippen LogP contribution in [0.5, 0.6) is 0 Å². The van der Waals surface area contributed by atoms with Crippen LogP contribution in [0.15, 0.2) is 112 Å².